The predicted molar refractivity (Wildman–Crippen MR) is 69.2 cm³/mol. The maximum atomic E-state index is 4.44. The zero-order valence-corrected chi connectivity index (χ0v) is 9.80. The first-order chi connectivity index (χ1) is 8.34. The highest BCUT2D eigenvalue weighted by molar-refractivity contribution is 5.80. The molecule has 0 N–H and O–H groups in total. The number of fused-ring (bicyclic) bond motifs is 1. The van der Waals surface area contributed by atoms with Crippen LogP contribution in [0, 0.1) is 0 Å². The quantitative estimate of drug-likeness (QED) is 0.737. The van der Waals surface area contributed by atoms with Gasteiger partial charge in [-0.3, -0.25) is 4.98 Å². The molecule has 2 heteroatoms. The van der Waals surface area contributed by atoms with Crippen molar-refractivity contribution in [2.45, 2.75) is 6.54 Å². The van der Waals surface area contributed by atoms with Gasteiger partial charge in [-0.15, -0.1) is 0 Å². The van der Waals surface area contributed by atoms with Gasteiger partial charge >= 0.3 is 0 Å². The van der Waals surface area contributed by atoms with Gasteiger partial charge in [0.05, 0.1) is 5.69 Å². The van der Waals surface area contributed by atoms with Crippen molar-refractivity contribution in [1.29, 1.82) is 0 Å². The minimum Gasteiger partial charge on any atom is -0.376 e. The maximum absolute atomic E-state index is 4.44. The van der Waals surface area contributed by atoms with Crippen LogP contribution in [0.5, 0.6) is 0 Å². The van der Waals surface area contributed by atoms with Crippen molar-refractivity contribution < 1.29 is 0 Å². The minimum atomic E-state index is 0.965. The summed E-state index contributed by atoms with van der Waals surface area (Å²) in [6.45, 7) is 0.965. The number of hydrogen-bond acceptors (Lipinski definition) is 2. The highest BCUT2D eigenvalue weighted by atomic mass is 15.1. The predicted octanol–water partition coefficient (Wildman–Crippen LogP) is 2.92. The van der Waals surface area contributed by atoms with E-state index in [1.807, 2.05) is 18.3 Å². The van der Waals surface area contributed by atoms with E-state index >= 15 is 0 Å². The topological polar surface area (TPSA) is 16.1 Å². The van der Waals surface area contributed by atoms with Crippen LogP contribution in [0.25, 0.3) is 5.57 Å². The number of pyridine rings is 1. The van der Waals surface area contributed by atoms with E-state index in [0.717, 1.165) is 12.2 Å². The van der Waals surface area contributed by atoms with E-state index < -0.39 is 0 Å². The first kappa shape index (κ1) is 10.1. The fourth-order valence-corrected chi connectivity index (χ4v) is 2.25. The summed E-state index contributed by atoms with van der Waals surface area (Å²) >= 11 is 0. The highest BCUT2D eigenvalue weighted by Crippen LogP contribution is 2.29. The standard InChI is InChI=1S/C15H14N2/c1-17-10-12-6-2-3-7-13(12)14(11-17)15-8-4-5-9-16-15/h2-9,11H,10H2,1H3. The second-order valence-corrected chi connectivity index (χ2v) is 4.33. The molecule has 2 aromatic rings. The first-order valence-electron chi connectivity index (χ1n) is 5.76. The van der Waals surface area contributed by atoms with Gasteiger partial charge in [0.15, 0.2) is 0 Å². The maximum Gasteiger partial charge on any atom is 0.0722 e. The van der Waals surface area contributed by atoms with Crippen LogP contribution in [0.4, 0.5) is 0 Å². The fourth-order valence-electron chi connectivity index (χ4n) is 2.25. The third kappa shape index (κ3) is 1.82. The molecule has 0 saturated heterocycles. The second kappa shape index (κ2) is 4.06. The molecular formula is C15H14N2. The smallest absolute Gasteiger partial charge is 0.0722 e. The molecule has 0 unspecified atom stereocenters. The molecule has 3 rings (SSSR count). The minimum absolute atomic E-state index is 0.965. The molecule has 1 aliphatic heterocycles. The molecule has 1 aromatic heterocycles. The van der Waals surface area contributed by atoms with Crippen LogP contribution in [0.2, 0.25) is 0 Å². The van der Waals surface area contributed by atoms with Crippen LogP contribution < -0.4 is 0 Å². The largest absolute Gasteiger partial charge is 0.376 e. The molecule has 17 heavy (non-hydrogen) atoms. The van der Waals surface area contributed by atoms with Gasteiger partial charge < -0.3 is 4.90 Å². The van der Waals surface area contributed by atoms with Gasteiger partial charge in [-0.25, -0.2) is 0 Å². The molecule has 0 fully saturated rings. The van der Waals surface area contributed by atoms with Gasteiger partial charge in [0.1, 0.15) is 0 Å². The molecular weight excluding hydrogens is 208 g/mol. The monoisotopic (exact) mass is 222 g/mol. The molecule has 0 aliphatic carbocycles. The summed E-state index contributed by atoms with van der Waals surface area (Å²) in [6.07, 6.45) is 4.01. The van der Waals surface area contributed by atoms with Gasteiger partial charge in [0.2, 0.25) is 0 Å². The molecule has 0 amide bonds. The number of aromatic nitrogens is 1. The lowest BCUT2D eigenvalue weighted by atomic mass is 9.95. The summed E-state index contributed by atoms with van der Waals surface area (Å²) in [7, 11) is 2.10. The number of rotatable bonds is 1. The fraction of sp³-hybridized carbons (Fsp3) is 0.133. The summed E-state index contributed by atoms with van der Waals surface area (Å²) in [6, 6.07) is 14.6. The van der Waals surface area contributed by atoms with Crippen molar-refractivity contribution in [2.24, 2.45) is 0 Å². The Kier molecular flexibility index (Phi) is 2.41. The Bertz CT molecular complexity index is 558. The highest BCUT2D eigenvalue weighted by Gasteiger charge is 2.16. The van der Waals surface area contributed by atoms with E-state index in [-0.39, 0.29) is 0 Å². The Morgan fingerprint density at radius 2 is 1.88 bits per heavy atom. The summed E-state index contributed by atoms with van der Waals surface area (Å²) < 4.78 is 0. The Hall–Kier alpha value is -2.09. The van der Waals surface area contributed by atoms with Crippen LogP contribution in [-0.2, 0) is 6.54 Å². The van der Waals surface area contributed by atoms with Crippen molar-refractivity contribution >= 4 is 5.57 Å². The van der Waals surface area contributed by atoms with Gasteiger partial charge in [-0.1, -0.05) is 30.3 Å². The Balaban J connectivity index is 2.16. The van der Waals surface area contributed by atoms with Gasteiger partial charge in [0.25, 0.3) is 0 Å². The van der Waals surface area contributed by atoms with E-state index in [1.54, 1.807) is 0 Å². The summed E-state index contributed by atoms with van der Waals surface area (Å²) in [5.41, 5.74) is 4.89. The average molecular weight is 222 g/mol. The van der Waals surface area contributed by atoms with Gasteiger partial charge in [-0.05, 0) is 23.3 Å². The lowest BCUT2D eigenvalue weighted by Crippen LogP contribution is -2.17. The van der Waals surface area contributed by atoms with Gasteiger partial charge in [0, 0.05) is 31.6 Å². The van der Waals surface area contributed by atoms with Crippen LogP contribution in [0.1, 0.15) is 16.8 Å². The molecule has 84 valence electrons. The Morgan fingerprint density at radius 1 is 1.06 bits per heavy atom. The van der Waals surface area contributed by atoms with Crippen molar-refractivity contribution in [3.8, 4) is 0 Å². The van der Waals surface area contributed by atoms with Crippen LogP contribution >= 0.6 is 0 Å². The van der Waals surface area contributed by atoms with E-state index in [0.29, 0.717) is 0 Å². The number of hydrogen-bond donors (Lipinski definition) is 0. The number of benzene rings is 1. The van der Waals surface area contributed by atoms with Crippen LogP contribution in [0.3, 0.4) is 0 Å². The zero-order chi connectivity index (χ0) is 11.7. The summed E-state index contributed by atoms with van der Waals surface area (Å²) in [5, 5.41) is 0. The molecule has 1 aromatic carbocycles. The van der Waals surface area contributed by atoms with E-state index in [2.05, 4.69) is 53.5 Å². The normalized spacial score (nSPS) is 14.2. The zero-order valence-electron chi connectivity index (χ0n) is 9.80. The number of nitrogens with zero attached hydrogens (tertiary/aromatic N) is 2. The van der Waals surface area contributed by atoms with Crippen molar-refractivity contribution in [3.63, 3.8) is 0 Å². The van der Waals surface area contributed by atoms with Crippen LogP contribution in [0.15, 0.2) is 54.9 Å². The Morgan fingerprint density at radius 3 is 2.71 bits per heavy atom. The molecule has 2 heterocycles. The third-order valence-electron chi connectivity index (χ3n) is 3.02. The summed E-state index contributed by atoms with van der Waals surface area (Å²) in [4.78, 5) is 6.64. The van der Waals surface area contributed by atoms with E-state index in [9.17, 15) is 0 Å². The third-order valence-corrected chi connectivity index (χ3v) is 3.02. The van der Waals surface area contributed by atoms with E-state index in [1.165, 1.54) is 16.7 Å². The van der Waals surface area contributed by atoms with Crippen molar-refractivity contribution in [1.82, 2.24) is 9.88 Å². The molecule has 0 radical (unpaired) electrons. The second-order valence-electron chi connectivity index (χ2n) is 4.33. The average Bonchev–Trinajstić information content (AvgIpc) is 2.39. The molecule has 0 atom stereocenters. The lowest BCUT2D eigenvalue weighted by Gasteiger charge is -2.25. The lowest BCUT2D eigenvalue weighted by molar-refractivity contribution is 0.445. The Labute approximate surface area is 101 Å². The SMILES string of the molecule is CN1C=C(c2ccccn2)c2ccccc2C1. The van der Waals surface area contributed by atoms with Crippen molar-refractivity contribution in [3.05, 3.63) is 71.7 Å². The first-order valence-corrected chi connectivity index (χ1v) is 5.76. The van der Waals surface area contributed by atoms with Crippen molar-refractivity contribution in [2.75, 3.05) is 7.05 Å². The molecule has 2 nitrogen and oxygen atoms in total. The molecule has 0 bridgehead atoms. The molecule has 0 saturated carbocycles. The van der Waals surface area contributed by atoms with Crippen LogP contribution in [-0.4, -0.2) is 16.9 Å². The summed E-state index contributed by atoms with van der Waals surface area (Å²) in [5.74, 6) is 0. The van der Waals surface area contributed by atoms with Gasteiger partial charge in [-0.2, -0.15) is 0 Å². The molecule has 0 spiro atoms. The van der Waals surface area contributed by atoms with E-state index in [4.69, 9.17) is 0 Å². The molecule has 1 aliphatic rings.